The number of aromatic nitrogens is 2. The van der Waals surface area contributed by atoms with Crippen molar-refractivity contribution in [1.82, 2.24) is 15.1 Å². The van der Waals surface area contributed by atoms with E-state index in [-0.39, 0.29) is 29.2 Å². The lowest BCUT2D eigenvalue weighted by Crippen LogP contribution is -2.31. The standard InChI is InChI=1S/C22H21FN4O3S/c1-30-17-10-4-14(5-11-17)13-19(28)27-12-2-3-18(27)21-25-26-22(31-21)20(29)24-16-8-6-15(23)7-9-16/h4-11,18H,2-3,12-13H2,1H3,(H,24,29)/t18-/m1/s1. The molecule has 9 heteroatoms. The van der Waals surface area contributed by atoms with Crippen LogP contribution in [0, 0.1) is 5.82 Å². The third-order valence-electron chi connectivity index (χ3n) is 5.11. The van der Waals surface area contributed by atoms with Crippen LogP contribution in [0.4, 0.5) is 10.1 Å². The number of likely N-dealkylation sites (tertiary alicyclic amines) is 1. The zero-order valence-corrected chi connectivity index (χ0v) is 17.7. The maximum Gasteiger partial charge on any atom is 0.286 e. The molecule has 4 rings (SSSR count). The summed E-state index contributed by atoms with van der Waals surface area (Å²) in [4.78, 5) is 27.2. The summed E-state index contributed by atoms with van der Waals surface area (Å²) in [5, 5.41) is 11.7. The van der Waals surface area contributed by atoms with Crippen molar-refractivity contribution in [3.63, 3.8) is 0 Å². The van der Waals surface area contributed by atoms with E-state index in [0.717, 1.165) is 24.2 Å². The molecule has 0 radical (unpaired) electrons. The smallest absolute Gasteiger partial charge is 0.286 e. The molecular weight excluding hydrogens is 419 g/mol. The molecule has 2 aromatic carbocycles. The lowest BCUT2D eigenvalue weighted by Gasteiger charge is -2.22. The predicted octanol–water partition coefficient (Wildman–Crippen LogP) is 3.84. The second-order valence-electron chi connectivity index (χ2n) is 7.18. The quantitative estimate of drug-likeness (QED) is 0.630. The van der Waals surface area contributed by atoms with Crippen molar-refractivity contribution in [3.8, 4) is 5.75 Å². The van der Waals surface area contributed by atoms with Gasteiger partial charge in [-0.15, -0.1) is 10.2 Å². The first-order valence-corrected chi connectivity index (χ1v) is 10.7. The van der Waals surface area contributed by atoms with Gasteiger partial charge in [-0.2, -0.15) is 0 Å². The first-order valence-electron chi connectivity index (χ1n) is 9.86. The summed E-state index contributed by atoms with van der Waals surface area (Å²) in [5.74, 6) is -0.0305. The number of ether oxygens (including phenoxy) is 1. The number of nitrogens with one attached hydrogen (secondary N) is 1. The van der Waals surface area contributed by atoms with Crippen LogP contribution in [0.15, 0.2) is 48.5 Å². The van der Waals surface area contributed by atoms with Crippen LogP contribution >= 0.6 is 11.3 Å². The number of rotatable bonds is 6. The lowest BCUT2D eigenvalue weighted by atomic mass is 10.1. The van der Waals surface area contributed by atoms with E-state index < -0.39 is 5.91 Å². The number of benzene rings is 2. The molecule has 1 aliphatic heterocycles. The fourth-order valence-electron chi connectivity index (χ4n) is 3.52. The molecule has 0 unspecified atom stereocenters. The van der Waals surface area contributed by atoms with Crippen molar-refractivity contribution >= 4 is 28.8 Å². The van der Waals surface area contributed by atoms with Crippen molar-refractivity contribution in [1.29, 1.82) is 0 Å². The van der Waals surface area contributed by atoms with E-state index in [1.807, 2.05) is 29.2 Å². The number of nitrogens with zero attached hydrogens (tertiary/aromatic N) is 3. The second-order valence-corrected chi connectivity index (χ2v) is 8.19. The molecule has 160 valence electrons. The van der Waals surface area contributed by atoms with Gasteiger partial charge < -0.3 is 15.0 Å². The maximum absolute atomic E-state index is 13.0. The fourth-order valence-corrected chi connectivity index (χ4v) is 4.41. The number of carbonyl (C=O) groups excluding carboxylic acids is 2. The van der Waals surface area contributed by atoms with E-state index in [1.165, 1.54) is 35.6 Å². The molecule has 1 aromatic heterocycles. The first kappa shape index (κ1) is 20.9. The Morgan fingerprint density at radius 3 is 2.61 bits per heavy atom. The van der Waals surface area contributed by atoms with Gasteiger partial charge in [0.2, 0.25) is 10.9 Å². The highest BCUT2D eigenvalue weighted by Gasteiger charge is 2.33. The van der Waals surface area contributed by atoms with E-state index in [1.54, 1.807) is 7.11 Å². The molecule has 1 aliphatic rings. The van der Waals surface area contributed by atoms with E-state index >= 15 is 0 Å². The molecule has 1 fully saturated rings. The van der Waals surface area contributed by atoms with Gasteiger partial charge in [0.05, 0.1) is 19.6 Å². The van der Waals surface area contributed by atoms with Gasteiger partial charge in [-0.05, 0) is 54.8 Å². The molecule has 1 N–H and O–H groups in total. The summed E-state index contributed by atoms with van der Waals surface area (Å²) in [5.41, 5.74) is 1.38. The Hall–Kier alpha value is -3.33. The van der Waals surface area contributed by atoms with E-state index in [0.29, 0.717) is 17.2 Å². The number of amides is 2. The molecule has 31 heavy (non-hydrogen) atoms. The molecule has 0 aliphatic carbocycles. The number of halogens is 1. The van der Waals surface area contributed by atoms with Gasteiger partial charge in [0.15, 0.2) is 0 Å². The molecule has 0 bridgehead atoms. The predicted molar refractivity (Wildman–Crippen MR) is 115 cm³/mol. The number of carbonyl (C=O) groups is 2. The molecule has 1 atom stereocenters. The molecule has 7 nitrogen and oxygen atoms in total. The van der Waals surface area contributed by atoms with Crippen LogP contribution in [0.3, 0.4) is 0 Å². The topological polar surface area (TPSA) is 84.4 Å². The average molecular weight is 441 g/mol. The molecule has 1 saturated heterocycles. The fraction of sp³-hybridized carbons (Fsp3) is 0.273. The van der Waals surface area contributed by atoms with Crippen molar-refractivity contribution < 1.29 is 18.7 Å². The highest BCUT2D eigenvalue weighted by Crippen LogP contribution is 2.34. The highest BCUT2D eigenvalue weighted by atomic mass is 32.1. The number of hydrogen-bond donors (Lipinski definition) is 1. The van der Waals surface area contributed by atoms with Crippen LogP contribution in [-0.2, 0) is 11.2 Å². The summed E-state index contributed by atoms with van der Waals surface area (Å²) >= 11 is 1.17. The van der Waals surface area contributed by atoms with E-state index in [2.05, 4.69) is 15.5 Å². The summed E-state index contributed by atoms with van der Waals surface area (Å²) in [7, 11) is 1.60. The van der Waals surface area contributed by atoms with Gasteiger partial charge in [0, 0.05) is 12.2 Å². The van der Waals surface area contributed by atoms with Crippen molar-refractivity contribution in [3.05, 3.63) is 69.9 Å². The van der Waals surface area contributed by atoms with Crippen LogP contribution in [0.1, 0.15) is 39.3 Å². The van der Waals surface area contributed by atoms with Gasteiger partial charge in [-0.3, -0.25) is 9.59 Å². The molecule has 0 saturated carbocycles. The Bertz CT molecular complexity index is 1070. The Kier molecular flexibility index (Phi) is 6.22. The number of methoxy groups -OCH3 is 1. The van der Waals surface area contributed by atoms with E-state index in [9.17, 15) is 14.0 Å². The normalized spacial score (nSPS) is 15.7. The molecule has 0 spiro atoms. The minimum absolute atomic E-state index is 0.0141. The van der Waals surface area contributed by atoms with Gasteiger partial charge >= 0.3 is 0 Å². The minimum atomic E-state index is -0.413. The SMILES string of the molecule is COc1ccc(CC(=O)N2CCC[C@@H]2c2nnc(C(=O)Nc3ccc(F)cc3)s2)cc1. The van der Waals surface area contributed by atoms with Crippen LogP contribution in [0.25, 0.3) is 0 Å². The van der Waals surface area contributed by atoms with Gasteiger partial charge in [-0.25, -0.2) is 4.39 Å². The summed E-state index contributed by atoms with van der Waals surface area (Å²) in [6.45, 7) is 0.649. The van der Waals surface area contributed by atoms with Crippen molar-refractivity contribution in [2.75, 3.05) is 19.0 Å². The zero-order valence-electron chi connectivity index (χ0n) is 16.9. The van der Waals surface area contributed by atoms with Gasteiger partial charge in [0.25, 0.3) is 5.91 Å². The first-order chi connectivity index (χ1) is 15.0. The Morgan fingerprint density at radius 1 is 1.16 bits per heavy atom. The molecule has 3 aromatic rings. The largest absolute Gasteiger partial charge is 0.497 e. The van der Waals surface area contributed by atoms with Crippen LogP contribution in [0.5, 0.6) is 5.75 Å². The van der Waals surface area contributed by atoms with E-state index in [4.69, 9.17) is 4.74 Å². The monoisotopic (exact) mass is 440 g/mol. The van der Waals surface area contributed by atoms with Gasteiger partial charge in [0.1, 0.15) is 16.6 Å². The van der Waals surface area contributed by atoms with Crippen molar-refractivity contribution in [2.45, 2.75) is 25.3 Å². The Balaban J connectivity index is 1.42. The van der Waals surface area contributed by atoms with Crippen LogP contribution in [0.2, 0.25) is 0 Å². The summed E-state index contributed by atoms with van der Waals surface area (Å²) < 4.78 is 18.2. The van der Waals surface area contributed by atoms with Crippen LogP contribution < -0.4 is 10.1 Å². The van der Waals surface area contributed by atoms with Crippen molar-refractivity contribution in [2.24, 2.45) is 0 Å². The summed E-state index contributed by atoms with van der Waals surface area (Å²) in [6, 6.07) is 12.7. The highest BCUT2D eigenvalue weighted by molar-refractivity contribution is 7.13. The number of hydrogen-bond acceptors (Lipinski definition) is 6. The third kappa shape index (κ3) is 4.88. The molecule has 2 heterocycles. The molecule has 2 amide bonds. The maximum atomic E-state index is 13.0. The van der Waals surface area contributed by atoms with Crippen LogP contribution in [-0.4, -0.2) is 40.6 Å². The second kappa shape index (κ2) is 9.22. The Labute approximate surface area is 182 Å². The average Bonchev–Trinajstić information content (AvgIpc) is 3.45. The summed E-state index contributed by atoms with van der Waals surface area (Å²) in [6.07, 6.45) is 1.94. The molecular formula is C22H21FN4O3S. The number of anilines is 1. The lowest BCUT2D eigenvalue weighted by molar-refractivity contribution is -0.131. The Morgan fingerprint density at radius 2 is 1.90 bits per heavy atom. The minimum Gasteiger partial charge on any atom is -0.497 e. The van der Waals surface area contributed by atoms with Gasteiger partial charge in [-0.1, -0.05) is 23.5 Å². The zero-order chi connectivity index (χ0) is 21.8. The third-order valence-corrected chi connectivity index (χ3v) is 6.13.